The number of carbonyl (C=O) groups is 4. The number of rotatable bonds is 11. The molecule has 2 aromatic carbocycles. The summed E-state index contributed by atoms with van der Waals surface area (Å²) in [6.45, 7) is 0. The van der Waals surface area contributed by atoms with Gasteiger partial charge in [0.25, 0.3) is 0 Å². The zero-order chi connectivity index (χ0) is 28.8. The Hall–Kier alpha value is -2.68. The molecule has 4 atom stereocenters. The summed E-state index contributed by atoms with van der Waals surface area (Å²) in [5.41, 5.74) is 0.985. The summed E-state index contributed by atoms with van der Waals surface area (Å²) in [6, 6.07) is 11.2. The van der Waals surface area contributed by atoms with E-state index in [4.69, 9.17) is 0 Å². The molecule has 10 nitrogen and oxygen atoms in total. The molecular formula is C26H28N2O8S4. The molecule has 2 aliphatic rings. The molecule has 40 heavy (non-hydrogen) atoms. The van der Waals surface area contributed by atoms with Crippen LogP contribution < -0.4 is 0 Å². The summed E-state index contributed by atoms with van der Waals surface area (Å²) in [5.74, 6) is -1.64. The number of hydrogen-bond acceptors (Lipinski definition) is 10. The molecule has 2 unspecified atom stereocenters. The van der Waals surface area contributed by atoms with E-state index in [1.165, 1.54) is 67.0 Å². The maximum Gasteiger partial charge on any atom is 0.327 e. The van der Waals surface area contributed by atoms with Crippen molar-refractivity contribution in [3.63, 3.8) is 0 Å². The molecule has 2 aromatic rings. The lowest BCUT2D eigenvalue weighted by atomic mass is 10.1. The van der Waals surface area contributed by atoms with E-state index in [-0.39, 0.29) is 47.7 Å². The van der Waals surface area contributed by atoms with Crippen LogP contribution >= 0.6 is 45.1 Å². The van der Waals surface area contributed by atoms with Crippen LogP contribution in [-0.4, -0.2) is 89.1 Å². The Morgan fingerprint density at radius 1 is 0.700 bits per heavy atom. The van der Waals surface area contributed by atoms with Crippen molar-refractivity contribution in [1.82, 2.24) is 9.80 Å². The number of aromatic hydroxyl groups is 2. The Morgan fingerprint density at radius 2 is 1.07 bits per heavy atom. The summed E-state index contributed by atoms with van der Waals surface area (Å²) in [6.07, 6.45) is 0.165. The van der Waals surface area contributed by atoms with Crippen LogP contribution in [0.4, 0.5) is 0 Å². The molecule has 2 amide bonds. The minimum absolute atomic E-state index is 0.00434. The van der Waals surface area contributed by atoms with Gasteiger partial charge in [-0.15, -0.1) is 23.5 Å². The number of phenolic OH excluding ortho intramolecular Hbond substituents is 2. The standard InChI is InChI=1S/C26H28N2O8S4/c29-19-7-3-1-5-15(19)23-27(17(13-37-23)25(33)34)21(31)9-11-39-40-12-10-22(32)28-18(26(35)36)14-38-24(28)16-6-2-4-8-20(16)30/h1-8,17-18,23-24,29-30H,9-14H2,(H,33,34)(H,35,36)/t17-,18-,23?,24?/m0/s1. The lowest BCUT2D eigenvalue weighted by Crippen LogP contribution is -2.43. The fraction of sp³-hybridized carbons (Fsp3) is 0.385. The first-order valence-corrected chi connectivity index (χ1v) is 16.9. The second kappa shape index (κ2) is 13.8. The number of carboxylic acid groups (broad SMARTS) is 2. The van der Waals surface area contributed by atoms with Crippen LogP contribution in [-0.2, 0) is 19.2 Å². The maximum atomic E-state index is 13.1. The van der Waals surface area contributed by atoms with Crippen molar-refractivity contribution < 1.29 is 39.6 Å². The third-order valence-corrected chi connectivity index (χ3v) is 11.5. The average Bonchev–Trinajstić information content (AvgIpc) is 3.56. The monoisotopic (exact) mass is 624 g/mol. The van der Waals surface area contributed by atoms with Gasteiger partial charge >= 0.3 is 11.9 Å². The van der Waals surface area contributed by atoms with Gasteiger partial charge in [0.15, 0.2) is 0 Å². The van der Waals surface area contributed by atoms with Gasteiger partial charge in [0, 0.05) is 47.0 Å². The summed E-state index contributed by atoms with van der Waals surface area (Å²) >= 11 is 2.59. The second-order valence-electron chi connectivity index (χ2n) is 8.94. The SMILES string of the molecule is O=C(O)[C@@H]1CSC(c2ccccc2O)N1C(=O)CCSSCCC(=O)N1C(c2ccccc2O)SC[C@H]1C(=O)O. The minimum Gasteiger partial charge on any atom is -0.508 e. The van der Waals surface area contributed by atoms with Crippen molar-refractivity contribution >= 4 is 68.9 Å². The smallest absolute Gasteiger partial charge is 0.327 e. The third kappa shape index (κ3) is 6.78. The number of carbonyl (C=O) groups excluding carboxylic acids is 2. The molecule has 214 valence electrons. The number of thioether (sulfide) groups is 2. The molecule has 4 N–H and O–H groups in total. The van der Waals surface area contributed by atoms with Gasteiger partial charge in [-0.1, -0.05) is 58.0 Å². The van der Waals surface area contributed by atoms with Gasteiger partial charge in [-0.2, -0.15) is 0 Å². The largest absolute Gasteiger partial charge is 0.508 e. The first kappa shape index (κ1) is 30.3. The Balaban J connectivity index is 1.29. The average molecular weight is 625 g/mol. The highest BCUT2D eigenvalue weighted by Gasteiger charge is 2.44. The maximum absolute atomic E-state index is 13.1. The highest BCUT2D eigenvalue weighted by molar-refractivity contribution is 8.76. The minimum atomic E-state index is -1.10. The van der Waals surface area contributed by atoms with Gasteiger partial charge in [-0.3, -0.25) is 9.59 Å². The van der Waals surface area contributed by atoms with E-state index < -0.39 is 34.8 Å². The molecule has 0 bridgehead atoms. The number of phenols is 2. The summed E-state index contributed by atoms with van der Waals surface area (Å²) < 4.78 is 0. The zero-order valence-corrected chi connectivity index (χ0v) is 24.4. The van der Waals surface area contributed by atoms with Crippen LogP contribution in [0, 0.1) is 0 Å². The van der Waals surface area contributed by atoms with E-state index in [9.17, 15) is 39.6 Å². The summed E-state index contributed by atoms with van der Waals surface area (Å²) in [7, 11) is 2.75. The van der Waals surface area contributed by atoms with Crippen LogP contribution in [0.5, 0.6) is 11.5 Å². The molecule has 0 aromatic heterocycles. The van der Waals surface area contributed by atoms with E-state index in [1.807, 2.05) is 0 Å². The summed E-state index contributed by atoms with van der Waals surface area (Å²) in [5, 5.41) is 38.6. The fourth-order valence-electron chi connectivity index (χ4n) is 4.51. The highest BCUT2D eigenvalue weighted by Crippen LogP contribution is 2.46. The highest BCUT2D eigenvalue weighted by atomic mass is 33.1. The molecule has 2 fully saturated rings. The Bertz CT molecular complexity index is 1170. The molecule has 14 heteroatoms. The molecule has 4 rings (SSSR count). The van der Waals surface area contributed by atoms with Gasteiger partial charge < -0.3 is 30.2 Å². The topological polar surface area (TPSA) is 156 Å². The lowest BCUT2D eigenvalue weighted by Gasteiger charge is -2.28. The van der Waals surface area contributed by atoms with Crippen molar-refractivity contribution in [3.05, 3.63) is 59.7 Å². The number of aliphatic carboxylic acids is 2. The number of amides is 2. The Kier molecular flexibility index (Phi) is 10.4. The predicted octanol–water partition coefficient (Wildman–Crippen LogP) is 4.01. The van der Waals surface area contributed by atoms with Crippen molar-refractivity contribution in [2.24, 2.45) is 0 Å². The first-order chi connectivity index (χ1) is 19.2. The van der Waals surface area contributed by atoms with Crippen LogP contribution in [0.15, 0.2) is 48.5 Å². The van der Waals surface area contributed by atoms with Crippen LogP contribution in [0.1, 0.15) is 34.7 Å². The van der Waals surface area contributed by atoms with Crippen molar-refractivity contribution in [2.45, 2.75) is 35.7 Å². The van der Waals surface area contributed by atoms with Crippen molar-refractivity contribution in [3.8, 4) is 11.5 Å². The quantitative estimate of drug-likeness (QED) is 0.211. The van der Waals surface area contributed by atoms with Gasteiger partial charge in [-0.05, 0) is 12.1 Å². The summed E-state index contributed by atoms with van der Waals surface area (Å²) in [4.78, 5) is 52.4. The lowest BCUT2D eigenvalue weighted by molar-refractivity contribution is -0.149. The molecule has 0 aliphatic carbocycles. The van der Waals surface area contributed by atoms with E-state index in [1.54, 1.807) is 36.4 Å². The molecule has 0 spiro atoms. The molecule has 2 heterocycles. The number of hydrogen-bond donors (Lipinski definition) is 4. The Morgan fingerprint density at radius 3 is 1.43 bits per heavy atom. The van der Waals surface area contributed by atoms with Crippen LogP contribution in [0.25, 0.3) is 0 Å². The second-order valence-corrected chi connectivity index (χ2v) is 13.9. The normalized spacial score (nSPS) is 22.4. The molecule has 0 saturated carbocycles. The van der Waals surface area contributed by atoms with Crippen molar-refractivity contribution in [2.75, 3.05) is 23.0 Å². The van der Waals surface area contributed by atoms with Crippen molar-refractivity contribution in [1.29, 1.82) is 0 Å². The predicted molar refractivity (Wildman–Crippen MR) is 157 cm³/mol. The van der Waals surface area contributed by atoms with Gasteiger partial charge in [0.2, 0.25) is 11.8 Å². The van der Waals surface area contributed by atoms with Crippen LogP contribution in [0.2, 0.25) is 0 Å². The first-order valence-electron chi connectivity index (χ1n) is 12.3. The molecule has 0 radical (unpaired) electrons. The Labute approximate surface area is 247 Å². The number of carboxylic acids is 2. The molecular weight excluding hydrogens is 597 g/mol. The molecule has 2 saturated heterocycles. The van der Waals surface area contributed by atoms with Gasteiger partial charge in [-0.25, -0.2) is 9.59 Å². The third-order valence-electron chi connectivity index (χ3n) is 6.43. The van der Waals surface area contributed by atoms with E-state index >= 15 is 0 Å². The molecule has 2 aliphatic heterocycles. The van der Waals surface area contributed by atoms with Gasteiger partial charge in [0.1, 0.15) is 34.3 Å². The van der Waals surface area contributed by atoms with Crippen LogP contribution in [0.3, 0.4) is 0 Å². The number of para-hydroxylation sites is 2. The van der Waals surface area contributed by atoms with E-state index in [0.29, 0.717) is 22.6 Å². The van der Waals surface area contributed by atoms with E-state index in [2.05, 4.69) is 0 Å². The number of nitrogens with zero attached hydrogens (tertiary/aromatic N) is 2. The fourth-order valence-corrected chi connectivity index (χ4v) is 9.41. The van der Waals surface area contributed by atoms with E-state index in [0.717, 1.165) is 0 Å². The van der Waals surface area contributed by atoms with Gasteiger partial charge in [0.05, 0.1) is 0 Å². The number of benzene rings is 2. The zero-order valence-electron chi connectivity index (χ0n) is 21.1.